The number of aliphatic carboxylic acids is 1. The predicted octanol–water partition coefficient (Wildman–Crippen LogP) is 2.55. The monoisotopic (exact) mass is 232 g/mol. The third-order valence-electron chi connectivity index (χ3n) is 2.92. The number of carbonyl (C=O) groups is 1. The van der Waals surface area contributed by atoms with Crippen LogP contribution in [0.3, 0.4) is 0 Å². The molecule has 1 aromatic carbocycles. The van der Waals surface area contributed by atoms with Gasteiger partial charge in [-0.1, -0.05) is 12.1 Å². The van der Waals surface area contributed by atoms with E-state index in [1.54, 1.807) is 0 Å². The Labute approximate surface area is 99.9 Å². The van der Waals surface area contributed by atoms with Crippen LogP contribution >= 0.6 is 0 Å². The maximum atomic E-state index is 10.9. The number of aryl methyl sites for hydroxylation is 1. The van der Waals surface area contributed by atoms with Crippen molar-refractivity contribution in [3.8, 4) is 0 Å². The van der Waals surface area contributed by atoms with Gasteiger partial charge in [-0.3, -0.25) is 4.79 Å². The van der Waals surface area contributed by atoms with Crippen LogP contribution in [-0.2, 0) is 10.3 Å². The van der Waals surface area contributed by atoms with E-state index in [0.717, 1.165) is 16.9 Å². The lowest BCUT2D eigenvalue weighted by Crippen LogP contribution is -2.30. The molecule has 0 amide bonds. The summed E-state index contributed by atoms with van der Waals surface area (Å²) in [5.74, 6) is 0.0460. The van der Waals surface area contributed by atoms with Crippen molar-refractivity contribution in [3.05, 3.63) is 30.1 Å². The van der Waals surface area contributed by atoms with Crippen LogP contribution in [0.5, 0.6) is 0 Å². The van der Waals surface area contributed by atoms with E-state index in [2.05, 4.69) is 4.98 Å². The highest BCUT2D eigenvalue weighted by molar-refractivity contribution is 5.77. The van der Waals surface area contributed by atoms with Crippen LogP contribution in [-0.4, -0.2) is 20.6 Å². The molecule has 0 fully saturated rings. The fourth-order valence-corrected chi connectivity index (χ4v) is 2.36. The summed E-state index contributed by atoms with van der Waals surface area (Å²) in [6.45, 7) is 5.74. The van der Waals surface area contributed by atoms with E-state index in [4.69, 9.17) is 5.11 Å². The maximum Gasteiger partial charge on any atom is 0.305 e. The number of benzene rings is 1. The first kappa shape index (κ1) is 11.6. The van der Waals surface area contributed by atoms with Crippen molar-refractivity contribution in [2.45, 2.75) is 32.7 Å². The highest BCUT2D eigenvalue weighted by atomic mass is 16.4. The molecule has 4 nitrogen and oxygen atoms in total. The zero-order chi connectivity index (χ0) is 12.6. The summed E-state index contributed by atoms with van der Waals surface area (Å²) < 4.78 is 2.00. The SMILES string of the molecule is Cc1nc2ccccc2n1C(C)(C)CC(=O)O. The van der Waals surface area contributed by atoms with E-state index in [1.807, 2.05) is 49.6 Å². The van der Waals surface area contributed by atoms with Gasteiger partial charge in [-0.25, -0.2) is 4.98 Å². The molecule has 2 rings (SSSR count). The van der Waals surface area contributed by atoms with E-state index >= 15 is 0 Å². The standard InChI is InChI=1S/C13H16N2O2/c1-9-14-10-6-4-5-7-11(10)15(9)13(2,3)8-12(16)17/h4-7H,8H2,1-3H3,(H,16,17). The van der Waals surface area contributed by atoms with Gasteiger partial charge in [0, 0.05) is 0 Å². The number of rotatable bonds is 3. The highest BCUT2D eigenvalue weighted by Crippen LogP contribution is 2.27. The van der Waals surface area contributed by atoms with Crippen LogP contribution in [0.1, 0.15) is 26.1 Å². The quantitative estimate of drug-likeness (QED) is 0.884. The molecule has 0 unspecified atom stereocenters. The van der Waals surface area contributed by atoms with E-state index in [0.29, 0.717) is 0 Å². The highest BCUT2D eigenvalue weighted by Gasteiger charge is 2.27. The van der Waals surface area contributed by atoms with Gasteiger partial charge < -0.3 is 9.67 Å². The molecule has 4 heteroatoms. The second kappa shape index (κ2) is 3.87. The number of fused-ring (bicyclic) bond motifs is 1. The largest absolute Gasteiger partial charge is 0.481 e. The van der Waals surface area contributed by atoms with E-state index in [-0.39, 0.29) is 6.42 Å². The van der Waals surface area contributed by atoms with Gasteiger partial charge in [-0.2, -0.15) is 0 Å². The van der Waals surface area contributed by atoms with Gasteiger partial charge in [-0.05, 0) is 32.9 Å². The van der Waals surface area contributed by atoms with Crippen molar-refractivity contribution < 1.29 is 9.90 Å². The molecule has 0 radical (unpaired) electrons. The number of hydrogen-bond acceptors (Lipinski definition) is 2. The maximum absolute atomic E-state index is 10.9. The van der Waals surface area contributed by atoms with Gasteiger partial charge >= 0.3 is 5.97 Å². The first-order valence-electron chi connectivity index (χ1n) is 5.58. The first-order chi connectivity index (χ1) is 7.92. The Morgan fingerprint density at radius 1 is 1.41 bits per heavy atom. The summed E-state index contributed by atoms with van der Waals surface area (Å²) in [7, 11) is 0. The van der Waals surface area contributed by atoms with Crippen molar-refractivity contribution in [2.24, 2.45) is 0 Å². The third kappa shape index (κ3) is 2.02. The smallest absolute Gasteiger partial charge is 0.305 e. The number of imidazole rings is 1. The molecule has 0 saturated carbocycles. The molecule has 0 aliphatic heterocycles. The second-order valence-electron chi connectivity index (χ2n) is 4.87. The van der Waals surface area contributed by atoms with Crippen molar-refractivity contribution in [1.29, 1.82) is 0 Å². The van der Waals surface area contributed by atoms with Gasteiger partial charge in [0.1, 0.15) is 5.82 Å². The minimum Gasteiger partial charge on any atom is -0.481 e. The lowest BCUT2D eigenvalue weighted by molar-refractivity contribution is -0.138. The molecule has 0 bridgehead atoms. The number of carboxylic acid groups (broad SMARTS) is 1. The van der Waals surface area contributed by atoms with Gasteiger partial charge in [0.2, 0.25) is 0 Å². The molecule has 1 heterocycles. The van der Waals surface area contributed by atoms with Gasteiger partial charge in [0.15, 0.2) is 0 Å². The summed E-state index contributed by atoms with van der Waals surface area (Å²) in [6, 6.07) is 7.79. The lowest BCUT2D eigenvalue weighted by Gasteiger charge is -2.27. The third-order valence-corrected chi connectivity index (χ3v) is 2.92. The summed E-state index contributed by atoms with van der Waals surface area (Å²) in [5.41, 5.74) is 1.41. The molecule has 0 aliphatic rings. The van der Waals surface area contributed by atoms with E-state index in [9.17, 15) is 4.79 Å². The van der Waals surface area contributed by atoms with Crippen LogP contribution < -0.4 is 0 Å². The second-order valence-corrected chi connectivity index (χ2v) is 4.87. The van der Waals surface area contributed by atoms with Crippen molar-refractivity contribution >= 4 is 17.0 Å². The summed E-state index contributed by atoms with van der Waals surface area (Å²) >= 11 is 0. The molecule has 0 aliphatic carbocycles. The molecule has 0 saturated heterocycles. The fourth-order valence-electron chi connectivity index (χ4n) is 2.36. The van der Waals surface area contributed by atoms with Gasteiger partial charge in [-0.15, -0.1) is 0 Å². The normalized spacial score (nSPS) is 11.9. The molecule has 17 heavy (non-hydrogen) atoms. The van der Waals surface area contributed by atoms with E-state index in [1.165, 1.54) is 0 Å². The first-order valence-corrected chi connectivity index (χ1v) is 5.58. The lowest BCUT2D eigenvalue weighted by atomic mass is 10.00. The van der Waals surface area contributed by atoms with Crippen molar-refractivity contribution in [2.75, 3.05) is 0 Å². The average molecular weight is 232 g/mol. The Morgan fingerprint density at radius 2 is 2.06 bits per heavy atom. The molecule has 0 atom stereocenters. The summed E-state index contributed by atoms with van der Waals surface area (Å²) in [4.78, 5) is 15.4. The zero-order valence-electron chi connectivity index (χ0n) is 10.3. The molecule has 1 N–H and O–H groups in total. The number of nitrogens with zero attached hydrogens (tertiary/aromatic N) is 2. The number of para-hydroxylation sites is 2. The van der Waals surface area contributed by atoms with Crippen LogP contribution in [0.4, 0.5) is 0 Å². The fraction of sp³-hybridized carbons (Fsp3) is 0.385. The number of aromatic nitrogens is 2. The average Bonchev–Trinajstić information content (AvgIpc) is 2.51. The summed E-state index contributed by atoms with van der Waals surface area (Å²) in [5, 5.41) is 8.98. The molecular formula is C13H16N2O2. The Hall–Kier alpha value is -1.84. The van der Waals surface area contributed by atoms with Crippen LogP contribution in [0, 0.1) is 6.92 Å². The van der Waals surface area contributed by atoms with Crippen molar-refractivity contribution in [1.82, 2.24) is 9.55 Å². The predicted molar refractivity (Wildman–Crippen MR) is 66.0 cm³/mol. The topological polar surface area (TPSA) is 55.1 Å². The van der Waals surface area contributed by atoms with Crippen LogP contribution in [0.25, 0.3) is 11.0 Å². The summed E-state index contributed by atoms with van der Waals surface area (Å²) in [6.07, 6.45) is 0.0776. The Bertz CT molecular complexity index is 570. The molecule has 0 spiro atoms. The minimum atomic E-state index is -0.799. The Kier molecular flexibility index (Phi) is 2.65. The zero-order valence-corrected chi connectivity index (χ0v) is 10.3. The Morgan fingerprint density at radius 3 is 2.71 bits per heavy atom. The Balaban J connectivity index is 2.61. The number of hydrogen-bond donors (Lipinski definition) is 1. The molecule has 1 aromatic heterocycles. The minimum absolute atomic E-state index is 0.0776. The van der Waals surface area contributed by atoms with E-state index < -0.39 is 11.5 Å². The van der Waals surface area contributed by atoms with Crippen LogP contribution in [0.2, 0.25) is 0 Å². The molecular weight excluding hydrogens is 216 g/mol. The van der Waals surface area contributed by atoms with Gasteiger partial charge in [0.25, 0.3) is 0 Å². The number of carboxylic acids is 1. The van der Waals surface area contributed by atoms with Crippen molar-refractivity contribution in [3.63, 3.8) is 0 Å². The van der Waals surface area contributed by atoms with Crippen LogP contribution in [0.15, 0.2) is 24.3 Å². The molecule has 90 valence electrons. The van der Waals surface area contributed by atoms with Gasteiger partial charge in [0.05, 0.1) is 23.0 Å². The molecule has 2 aromatic rings.